The number of nitrogens with zero attached hydrogens (tertiary/aromatic N) is 2. The van der Waals surface area contributed by atoms with Crippen molar-refractivity contribution in [3.05, 3.63) is 87.9 Å². The molecule has 0 bridgehead atoms. The Morgan fingerprint density at radius 2 is 1.69 bits per heavy atom. The number of hydrogen-bond donors (Lipinski definition) is 1. The van der Waals surface area contributed by atoms with Gasteiger partial charge in [0.2, 0.25) is 0 Å². The van der Waals surface area contributed by atoms with Gasteiger partial charge in [-0.25, -0.2) is 0 Å². The molecule has 1 unspecified atom stereocenters. The molecule has 1 N–H and O–H groups in total. The topological polar surface area (TPSA) is 45.2 Å². The highest BCUT2D eigenvalue weighted by molar-refractivity contribution is 6.43. The standard InChI is InChI=1S/C28H32Cl2N2O3/c1-34-27-19-22(12-13-26(27)35-20-21-7-3-2-4-8-21)25(33)11-6-14-31-15-17-32(18-16-31)24-10-5-9-23(29)28(24)30/h2-5,7-10,12-13,19,25,33H,6,11,14-18,20H2,1H3. The SMILES string of the molecule is COc1cc(C(O)CCCN2CCN(c3cccc(Cl)c3Cl)CC2)ccc1OCc1ccccc1. The van der Waals surface area contributed by atoms with E-state index in [-0.39, 0.29) is 0 Å². The Hall–Kier alpha value is -2.44. The van der Waals surface area contributed by atoms with Crippen LogP contribution in [0.1, 0.15) is 30.1 Å². The monoisotopic (exact) mass is 514 g/mol. The molecule has 1 atom stereocenters. The molecule has 0 amide bonds. The molecule has 1 heterocycles. The molecule has 3 aromatic rings. The highest BCUT2D eigenvalue weighted by atomic mass is 35.5. The largest absolute Gasteiger partial charge is 0.493 e. The van der Waals surface area contributed by atoms with E-state index >= 15 is 0 Å². The summed E-state index contributed by atoms with van der Waals surface area (Å²) in [5.74, 6) is 1.30. The summed E-state index contributed by atoms with van der Waals surface area (Å²) in [5.41, 5.74) is 2.93. The van der Waals surface area contributed by atoms with Gasteiger partial charge in [0.15, 0.2) is 11.5 Å². The van der Waals surface area contributed by atoms with Gasteiger partial charge in [-0.1, -0.05) is 65.7 Å². The summed E-state index contributed by atoms with van der Waals surface area (Å²) in [7, 11) is 1.62. The van der Waals surface area contributed by atoms with Crippen LogP contribution in [0.5, 0.6) is 11.5 Å². The third kappa shape index (κ3) is 6.83. The van der Waals surface area contributed by atoms with Gasteiger partial charge in [0.05, 0.1) is 28.9 Å². The van der Waals surface area contributed by atoms with E-state index in [1.165, 1.54) is 0 Å². The molecule has 186 valence electrons. The summed E-state index contributed by atoms with van der Waals surface area (Å²) in [6.45, 7) is 5.15. The van der Waals surface area contributed by atoms with Crippen molar-refractivity contribution in [3.63, 3.8) is 0 Å². The zero-order chi connectivity index (χ0) is 24.6. The van der Waals surface area contributed by atoms with Crippen molar-refractivity contribution in [3.8, 4) is 11.5 Å². The van der Waals surface area contributed by atoms with Crippen molar-refractivity contribution in [2.24, 2.45) is 0 Å². The van der Waals surface area contributed by atoms with Crippen LogP contribution in [0, 0.1) is 0 Å². The van der Waals surface area contributed by atoms with Crippen molar-refractivity contribution in [2.45, 2.75) is 25.6 Å². The van der Waals surface area contributed by atoms with Gasteiger partial charge < -0.3 is 19.5 Å². The smallest absolute Gasteiger partial charge is 0.161 e. The summed E-state index contributed by atoms with van der Waals surface area (Å²) in [5, 5.41) is 12.0. The van der Waals surface area contributed by atoms with E-state index in [4.69, 9.17) is 32.7 Å². The molecule has 1 aliphatic heterocycles. The van der Waals surface area contributed by atoms with Crippen LogP contribution < -0.4 is 14.4 Å². The normalized spacial score (nSPS) is 15.1. The first-order valence-electron chi connectivity index (χ1n) is 12.0. The van der Waals surface area contributed by atoms with Crippen molar-refractivity contribution in [2.75, 3.05) is 44.7 Å². The van der Waals surface area contributed by atoms with E-state index in [0.717, 1.165) is 56.0 Å². The summed E-state index contributed by atoms with van der Waals surface area (Å²) >= 11 is 12.6. The second-order valence-electron chi connectivity index (χ2n) is 8.74. The number of anilines is 1. The molecule has 0 aromatic heterocycles. The van der Waals surface area contributed by atoms with Gasteiger partial charge in [-0.2, -0.15) is 0 Å². The van der Waals surface area contributed by atoms with Crippen LogP contribution in [0.15, 0.2) is 66.7 Å². The molecule has 0 aliphatic carbocycles. The number of aliphatic hydroxyl groups is 1. The zero-order valence-corrected chi connectivity index (χ0v) is 21.5. The van der Waals surface area contributed by atoms with E-state index in [9.17, 15) is 5.11 Å². The number of benzene rings is 3. The number of methoxy groups -OCH3 is 1. The molecule has 5 nitrogen and oxygen atoms in total. The van der Waals surface area contributed by atoms with Gasteiger partial charge in [0.1, 0.15) is 6.61 Å². The number of hydrogen-bond acceptors (Lipinski definition) is 5. The fraction of sp³-hybridized carbons (Fsp3) is 0.357. The van der Waals surface area contributed by atoms with Crippen molar-refractivity contribution < 1.29 is 14.6 Å². The second-order valence-corrected chi connectivity index (χ2v) is 9.53. The van der Waals surface area contributed by atoms with E-state index in [1.54, 1.807) is 7.11 Å². The van der Waals surface area contributed by atoms with Crippen molar-refractivity contribution >= 4 is 28.9 Å². The predicted octanol–water partition coefficient (Wildman–Crippen LogP) is 6.22. The molecule has 0 spiro atoms. The van der Waals surface area contributed by atoms with E-state index in [1.807, 2.05) is 66.7 Å². The molecule has 1 saturated heterocycles. The average Bonchev–Trinajstić information content (AvgIpc) is 2.90. The molecule has 0 saturated carbocycles. The highest BCUT2D eigenvalue weighted by Gasteiger charge is 2.20. The first-order chi connectivity index (χ1) is 17.0. The lowest BCUT2D eigenvalue weighted by Crippen LogP contribution is -2.46. The van der Waals surface area contributed by atoms with Crippen LogP contribution in [0.25, 0.3) is 0 Å². The second kappa shape index (κ2) is 12.5. The number of aliphatic hydroxyl groups excluding tert-OH is 1. The molecule has 1 aliphatic rings. The average molecular weight is 515 g/mol. The third-order valence-electron chi connectivity index (χ3n) is 6.41. The molecular formula is C28H32Cl2N2O3. The Kier molecular flexibility index (Phi) is 9.16. The number of halogens is 2. The molecule has 7 heteroatoms. The van der Waals surface area contributed by atoms with Gasteiger partial charge in [-0.3, -0.25) is 4.90 Å². The number of rotatable bonds is 10. The van der Waals surface area contributed by atoms with Crippen LogP contribution >= 0.6 is 23.2 Å². The fourth-order valence-corrected chi connectivity index (χ4v) is 4.79. The van der Waals surface area contributed by atoms with Crippen LogP contribution in [0.2, 0.25) is 10.0 Å². The van der Waals surface area contributed by atoms with Gasteiger partial charge >= 0.3 is 0 Å². The Morgan fingerprint density at radius 1 is 0.914 bits per heavy atom. The highest BCUT2D eigenvalue weighted by Crippen LogP contribution is 2.34. The Balaban J connectivity index is 1.23. The first-order valence-corrected chi connectivity index (χ1v) is 12.7. The quantitative estimate of drug-likeness (QED) is 0.348. The summed E-state index contributed by atoms with van der Waals surface area (Å²) in [6.07, 6.45) is 1.06. The Morgan fingerprint density at radius 3 is 2.43 bits per heavy atom. The fourth-order valence-electron chi connectivity index (χ4n) is 4.37. The first kappa shape index (κ1) is 25.6. The maximum Gasteiger partial charge on any atom is 0.161 e. The molecule has 4 rings (SSSR count). The lowest BCUT2D eigenvalue weighted by Gasteiger charge is -2.36. The van der Waals surface area contributed by atoms with E-state index in [2.05, 4.69) is 9.80 Å². The van der Waals surface area contributed by atoms with Crippen LogP contribution in [-0.4, -0.2) is 49.8 Å². The Labute approximate surface area is 217 Å². The molecule has 1 fully saturated rings. The minimum atomic E-state index is -0.543. The lowest BCUT2D eigenvalue weighted by molar-refractivity contribution is 0.153. The minimum absolute atomic E-state index is 0.468. The van der Waals surface area contributed by atoms with Crippen molar-refractivity contribution in [1.82, 2.24) is 4.90 Å². The number of ether oxygens (including phenoxy) is 2. The van der Waals surface area contributed by atoms with Gasteiger partial charge in [0, 0.05) is 26.2 Å². The molecule has 3 aromatic carbocycles. The van der Waals surface area contributed by atoms with Crippen LogP contribution in [-0.2, 0) is 6.61 Å². The maximum absolute atomic E-state index is 10.8. The van der Waals surface area contributed by atoms with Gasteiger partial charge in [0.25, 0.3) is 0 Å². The van der Waals surface area contributed by atoms with Gasteiger partial charge in [-0.15, -0.1) is 0 Å². The summed E-state index contributed by atoms with van der Waals surface area (Å²) < 4.78 is 11.5. The van der Waals surface area contributed by atoms with Crippen LogP contribution in [0.4, 0.5) is 5.69 Å². The third-order valence-corrected chi connectivity index (χ3v) is 7.21. The zero-order valence-electron chi connectivity index (χ0n) is 20.0. The molecular weight excluding hydrogens is 483 g/mol. The van der Waals surface area contributed by atoms with Crippen LogP contribution in [0.3, 0.4) is 0 Å². The molecule has 0 radical (unpaired) electrons. The number of piperazine rings is 1. The van der Waals surface area contributed by atoms with Gasteiger partial charge in [-0.05, 0) is 54.8 Å². The Bertz CT molecular complexity index is 1090. The van der Waals surface area contributed by atoms with E-state index in [0.29, 0.717) is 34.6 Å². The minimum Gasteiger partial charge on any atom is -0.493 e. The molecule has 35 heavy (non-hydrogen) atoms. The summed E-state index contributed by atoms with van der Waals surface area (Å²) in [6, 6.07) is 21.5. The van der Waals surface area contributed by atoms with Crippen molar-refractivity contribution in [1.29, 1.82) is 0 Å². The summed E-state index contributed by atoms with van der Waals surface area (Å²) in [4.78, 5) is 4.72. The predicted molar refractivity (Wildman–Crippen MR) is 143 cm³/mol. The lowest BCUT2D eigenvalue weighted by atomic mass is 10.0. The maximum atomic E-state index is 10.8. The van der Waals surface area contributed by atoms with E-state index < -0.39 is 6.10 Å².